The first-order valence-electron chi connectivity index (χ1n) is 9.85. The Morgan fingerprint density at radius 3 is 2.77 bits per heavy atom. The van der Waals surface area contributed by atoms with Crippen LogP contribution in [0.3, 0.4) is 0 Å². The van der Waals surface area contributed by atoms with E-state index in [4.69, 9.17) is 9.47 Å². The number of carbonyl (C=O) groups excluding carboxylic acids is 1. The summed E-state index contributed by atoms with van der Waals surface area (Å²) in [4.78, 5) is 14.4. The second-order valence-electron chi connectivity index (χ2n) is 7.27. The number of aromatic nitrogens is 2. The minimum Gasteiger partial charge on any atom is -0.486 e. The van der Waals surface area contributed by atoms with Crippen molar-refractivity contribution in [2.24, 2.45) is 0 Å². The largest absolute Gasteiger partial charge is 0.486 e. The van der Waals surface area contributed by atoms with Crippen LogP contribution in [-0.4, -0.2) is 34.9 Å². The third kappa shape index (κ3) is 3.64. The van der Waals surface area contributed by atoms with Gasteiger partial charge in [0.15, 0.2) is 11.5 Å². The van der Waals surface area contributed by atoms with E-state index in [0.29, 0.717) is 30.3 Å². The van der Waals surface area contributed by atoms with Crippen molar-refractivity contribution in [2.45, 2.75) is 19.6 Å². The Morgan fingerprint density at radius 1 is 1.17 bits per heavy atom. The van der Waals surface area contributed by atoms with Gasteiger partial charge in [-0.3, -0.25) is 9.48 Å². The number of carbonyl (C=O) groups is 1. The van der Waals surface area contributed by atoms with Gasteiger partial charge in [0.05, 0.1) is 23.7 Å². The Morgan fingerprint density at radius 2 is 1.93 bits per heavy atom. The molecule has 1 N–H and O–H groups in total. The Balaban J connectivity index is 1.28. The molecule has 152 valence electrons. The quantitative estimate of drug-likeness (QED) is 0.531. The molecule has 1 amide bonds. The number of para-hydroxylation sites is 2. The van der Waals surface area contributed by atoms with E-state index < -0.39 is 0 Å². The molecule has 0 fully saturated rings. The smallest absolute Gasteiger partial charge is 0.261 e. The van der Waals surface area contributed by atoms with Crippen LogP contribution in [-0.2, 0) is 6.54 Å². The summed E-state index contributed by atoms with van der Waals surface area (Å²) in [6, 6.07) is 19.7. The zero-order valence-electron chi connectivity index (χ0n) is 16.5. The number of ether oxygens (including phenoxy) is 2. The Kier molecular flexibility index (Phi) is 4.88. The maximum Gasteiger partial charge on any atom is 0.261 e. The maximum atomic E-state index is 12.8. The molecule has 30 heavy (non-hydrogen) atoms. The molecule has 0 saturated heterocycles. The number of fused-ring (bicyclic) bond motifs is 2. The van der Waals surface area contributed by atoms with Crippen LogP contribution in [0.4, 0.5) is 0 Å². The third-order valence-electron chi connectivity index (χ3n) is 5.06. The van der Waals surface area contributed by atoms with Crippen LogP contribution >= 0.6 is 11.3 Å². The molecule has 5 rings (SSSR count). The lowest BCUT2D eigenvalue weighted by Gasteiger charge is -2.26. The highest BCUT2D eigenvalue weighted by molar-refractivity contribution is 7.20. The molecule has 0 bridgehead atoms. The van der Waals surface area contributed by atoms with E-state index in [-0.39, 0.29) is 12.0 Å². The molecule has 0 aliphatic carbocycles. The molecular weight excluding hydrogens is 398 g/mol. The van der Waals surface area contributed by atoms with Gasteiger partial charge in [0.1, 0.15) is 17.5 Å². The predicted molar refractivity (Wildman–Crippen MR) is 117 cm³/mol. The van der Waals surface area contributed by atoms with Crippen molar-refractivity contribution >= 4 is 27.5 Å². The van der Waals surface area contributed by atoms with E-state index in [1.54, 1.807) is 0 Å². The average molecular weight is 420 g/mol. The number of aryl methyl sites for hydroxylation is 1. The second-order valence-corrected chi connectivity index (χ2v) is 8.30. The van der Waals surface area contributed by atoms with Crippen molar-refractivity contribution in [1.29, 1.82) is 0 Å². The van der Waals surface area contributed by atoms with E-state index >= 15 is 0 Å². The Hall–Kier alpha value is -3.32. The second kappa shape index (κ2) is 7.84. The van der Waals surface area contributed by atoms with Gasteiger partial charge < -0.3 is 14.8 Å². The van der Waals surface area contributed by atoms with Gasteiger partial charge >= 0.3 is 0 Å². The van der Waals surface area contributed by atoms with Gasteiger partial charge in [-0.25, -0.2) is 0 Å². The van der Waals surface area contributed by atoms with Gasteiger partial charge in [0.2, 0.25) is 0 Å². The number of hydrogen-bond acceptors (Lipinski definition) is 5. The molecule has 3 heterocycles. The van der Waals surface area contributed by atoms with Gasteiger partial charge in [-0.2, -0.15) is 5.10 Å². The van der Waals surface area contributed by atoms with Crippen molar-refractivity contribution < 1.29 is 14.3 Å². The van der Waals surface area contributed by atoms with Crippen LogP contribution in [0.25, 0.3) is 10.2 Å². The van der Waals surface area contributed by atoms with Crippen LogP contribution in [0.15, 0.2) is 60.7 Å². The molecule has 7 heteroatoms. The fraction of sp³-hybridized carbons (Fsp3) is 0.217. The topological polar surface area (TPSA) is 65.4 Å². The zero-order chi connectivity index (χ0) is 20.5. The van der Waals surface area contributed by atoms with Crippen LogP contribution in [0.2, 0.25) is 0 Å². The fourth-order valence-electron chi connectivity index (χ4n) is 3.55. The molecule has 1 atom stereocenters. The molecule has 0 saturated carbocycles. The number of nitrogens with zero attached hydrogens (tertiary/aromatic N) is 2. The highest BCUT2D eigenvalue weighted by Gasteiger charge is 2.22. The van der Waals surface area contributed by atoms with Gasteiger partial charge in [-0.1, -0.05) is 42.5 Å². The van der Waals surface area contributed by atoms with Gasteiger partial charge in [-0.15, -0.1) is 11.3 Å². The minimum atomic E-state index is -0.214. The SMILES string of the molecule is Cc1nn(Cc2ccccc2)c2sc(C(=O)NCC3COc4ccccc4O3)cc12. The lowest BCUT2D eigenvalue weighted by atomic mass is 10.2. The van der Waals surface area contributed by atoms with E-state index in [1.807, 2.05) is 60.1 Å². The Bertz CT molecular complexity index is 1200. The number of nitrogens with one attached hydrogen (secondary N) is 1. The maximum absolute atomic E-state index is 12.8. The number of rotatable bonds is 5. The van der Waals surface area contributed by atoms with Crippen LogP contribution in [0.1, 0.15) is 20.9 Å². The molecule has 6 nitrogen and oxygen atoms in total. The van der Waals surface area contributed by atoms with Crippen molar-refractivity contribution in [2.75, 3.05) is 13.2 Å². The first kappa shape index (κ1) is 18.7. The first-order chi connectivity index (χ1) is 14.7. The highest BCUT2D eigenvalue weighted by atomic mass is 32.1. The van der Waals surface area contributed by atoms with Crippen LogP contribution in [0.5, 0.6) is 11.5 Å². The summed E-state index contributed by atoms with van der Waals surface area (Å²) < 4.78 is 13.6. The molecule has 2 aromatic carbocycles. The number of thiophene rings is 1. The van der Waals surface area contributed by atoms with E-state index in [9.17, 15) is 4.79 Å². The molecule has 0 spiro atoms. The van der Waals surface area contributed by atoms with Crippen molar-refractivity contribution in [3.05, 3.63) is 76.8 Å². The van der Waals surface area contributed by atoms with E-state index in [1.165, 1.54) is 16.9 Å². The fourth-order valence-corrected chi connectivity index (χ4v) is 4.62. The standard InChI is InChI=1S/C23H21N3O3S/c1-15-18-11-21(30-23(18)26(25-15)13-16-7-3-2-4-8-16)22(27)24-12-17-14-28-19-9-5-6-10-20(19)29-17/h2-11,17H,12-14H2,1H3,(H,24,27). The van der Waals surface area contributed by atoms with Crippen LogP contribution < -0.4 is 14.8 Å². The van der Waals surface area contributed by atoms with Crippen molar-refractivity contribution in [3.63, 3.8) is 0 Å². The highest BCUT2D eigenvalue weighted by Crippen LogP contribution is 2.31. The lowest BCUT2D eigenvalue weighted by Crippen LogP contribution is -2.40. The van der Waals surface area contributed by atoms with E-state index in [0.717, 1.165) is 21.7 Å². The number of hydrogen-bond donors (Lipinski definition) is 1. The molecular formula is C23H21N3O3S. The summed E-state index contributed by atoms with van der Waals surface area (Å²) >= 11 is 1.46. The van der Waals surface area contributed by atoms with Gasteiger partial charge in [0, 0.05) is 5.39 Å². The zero-order valence-corrected chi connectivity index (χ0v) is 17.3. The monoisotopic (exact) mass is 419 g/mol. The summed E-state index contributed by atoms with van der Waals surface area (Å²) in [6.45, 7) is 3.45. The van der Waals surface area contributed by atoms with Crippen molar-refractivity contribution in [1.82, 2.24) is 15.1 Å². The third-order valence-corrected chi connectivity index (χ3v) is 6.21. The lowest BCUT2D eigenvalue weighted by molar-refractivity contribution is 0.0791. The number of amides is 1. The minimum absolute atomic E-state index is 0.107. The van der Waals surface area contributed by atoms with E-state index in [2.05, 4.69) is 22.5 Å². The molecule has 1 aliphatic heterocycles. The molecule has 1 unspecified atom stereocenters. The average Bonchev–Trinajstić information content (AvgIpc) is 3.34. The predicted octanol–water partition coefficient (Wildman–Crippen LogP) is 4.02. The molecule has 0 radical (unpaired) electrons. The summed E-state index contributed by atoms with van der Waals surface area (Å²) in [5.41, 5.74) is 2.10. The Labute approximate surface area is 178 Å². The van der Waals surface area contributed by atoms with Crippen LogP contribution in [0, 0.1) is 6.92 Å². The summed E-state index contributed by atoms with van der Waals surface area (Å²) in [5.74, 6) is 1.34. The normalized spacial score (nSPS) is 15.3. The van der Waals surface area contributed by atoms with Gasteiger partial charge in [-0.05, 0) is 30.7 Å². The number of benzene rings is 2. The van der Waals surface area contributed by atoms with Gasteiger partial charge in [0.25, 0.3) is 5.91 Å². The summed E-state index contributed by atoms with van der Waals surface area (Å²) in [5, 5.41) is 8.64. The first-order valence-corrected chi connectivity index (χ1v) is 10.7. The molecule has 1 aliphatic rings. The molecule has 4 aromatic rings. The summed E-state index contributed by atoms with van der Waals surface area (Å²) in [7, 11) is 0. The summed E-state index contributed by atoms with van der Waals surface area (Å²) in [6.07, 6.45) is -0.214. The van der Waals surface area contributed by atoms with Crippen molar-refractivity contribution in [3.8, 4) is 11.5 Å². The molecule has 2 aromatic heterocycles.